The second kappa shape index (κ2) is 4.14. The molecule has 0 saturated carbocycles. The molecule has 1 aromatic heterocycles. The average molecular weight is 250 g/mol. The number of oxazole rings is 1. The zero-order valence-electron chi connectivity index (χ0n) is 8.15. The molecule has 2 rings (SSSR count). The van der Waals surface area contributed by atoms with Gasteiger partial charge in [0.25, 0.3) is 0 Å². The molecule has 0 aliphatic carbocycles. The summed E-state index contributed by atoms with van der Waals surface area (Å²) in [4.78, 5) is 3.91. The summed E-state index contributed by atoms with van der Waals surface area (Å²) in [7, 11) is -3.07. The molecular formula is C9H12ClNO3S. The largest absolute Gasteiger partial charge is 0.447 e. The van der Waals surface area contributed by atoms with Crippen molar-refractivity contribution in [3.63, 3.8) is 0 Å². The fourth-order valence-electron chi connectivity index (χ4n) is 1.89. The topological polar surface area (TPSA) is 60.2 Å². The van der Waals surface area contributed by atoms with Crippen LogP contribution in [0.15, 0.2) is 10.8 Å². The van der Waals surface area contributed by atoms with E-state index in [1.807, 2.05) is 0 Å². The lowest BCUT2D eigenvalue weighted by atomic mass is 10.1. The van der Waals surface area contributed by atoms with Gasteiger partial charge in [-0.05, 0) is 12.8 Å². The Morgan fingerprint density at radius 1 is 1.53 bits per heavy atom. The zero-order chi connectivity index (χ0) is 10.9. The first-order valence-electron chi connectivity index (χ1n) is 4.85. The van der Waals surface area contributed by atoms with Gasteiger partial charge < -0.3 is 4.42 Å². The Labute approximate surface area is 93.6 Å². The van der Waals surface area contributed by atoms with Crippen LogP contribution in [-0.2, 0) is 15.7 Å². The lowest BCUT2D eigenvalue weighted by Gasteiger charge is -2.20. The Morgan fingerprint density at radius 2 is 2.33 bits per heavy atom. The molecule has 84 valence electrons. The minimum Gasteiger partial charge on any atom is -0.447 e. The number of aromatic nitrogens is 1. The first-order chi connectivity index (χ1) is 7.15. The van der Waals surface area contributed by atoms with Crippen LogP contribution >= 0.6 is 11.6 Å². The van der Waals surface area contributed by atoms with Gasteiger partial charge >= 0.3 is 0 Å². The highest BCUT2D eigenvalue weighted by atomic mass is 35.5. The summed E-state index contributed by atoms with van der Waals surface area (Å²) < 4.78 is 28.8. The highest BCUT2D eigenvalue weighted by Crippen LogP contribution is 2.35. The molecule has 4 nitrogen and oxygen atoms in total. The van der Waals surface area contributed by atoms with E-state index in [-0.39, 0.29) is 11.6 Å². The molecule has 2 heterocycles. The summed E-state index contributed by atoms with van der Waals surface area (Å²) in [5, 5.41) is -0.539. The van der Waals surface area contributed by atoms with E-state index < -0.39 is 15.1 Å². The molecule has 1 saturated heterocycles. The monoisotopic (exact) mass is 249 g/mol. The minimum absolute atomic E-state index is 0.192. The number of alkyl halides is 1. The van der Waals surface area contributed by atoms with Crippen LogP contribution in [0.2, 0.25) is 0 Å². The highest BCUT2D eigenvalue weighted by molar-refractivity contribution is 7.91. The van der Waals surface area contributed by atoms with E-state index in [0.717, 1.165) is 12.8 Å². The Balaban J connectivity index is 2.37. The molecule has 1 aliphatic rings. The number of hydrogen-bond donors (Lipinski definition) is 0. The molecule has 1 aromatic rings. The van der Waals surface area contributed by atoms with Crippen molar-refractivity contribution in [2.75, 3.05) is 5.75 Å². The molecule has 0 spiro atoms. The van der Waals surface area contributed by atoms with E-state index in [4.69, 9.17) is 16.0 Å². The Morgan fingerprint density at radius 3 is 3.00 bits per heavy atom. The Hall–Kier alpha value is -0.550. The van der Waals surface area contributed by atoms with Gasteiger partial charge in [-0.1, -0.05) is 6.42 Å². The van der Waals surface area contributed by atoms with Crippen molar-refractivity contribution >= 4 is 21.4 Å². The van der Waals surface area contributed by atoms with E-state index in [2.05, 4.69) is 4.98 Å². The van der Waals surface area contributed by atoms with Crippen LogP contribution in [-0.4, -0.2) is 19.2 Å². The first-order valence-corrected chi connectivity index (χ1v) is 7.10. The number of hydrogen-bond acceptors (Lipinski definition) is 4. The van der Waals surface area contributed by atoms with Gasteiger partial charge in [0, 0.05) is 0 Å². The van der Waals surface area contributed by atoms with Gasteiger partial charge in [-0.2, -0.15) is 0 Å². The molecule has 0 N–H and O–H groups in total. The van der Waals surface area contributed by atoms with Crippen molar-refractivity contribution < 1.29 is 12.8 Å². The summed E-state index contributed by atoms with van der Waals surface area (Å²) in [6.45, 7) is 0. The first kappa shape index (κ1) is 11.0. The molecule has 1 unspecified atom stereocenters. The predicted octanol–water partition coefficient (Wildman–Crippen LogP) is 2.05. The number of halogens is 1. The third-order valence-corrected chi connectivity index (χ3v) is 5.10. The third kappa shape index (κ3) is 2.03. The van der Waals surface area contributed by atoms with Gasteiger partial charge in [0.15, 0.2) is 16.2 Å². The number of nitrogens with zero attached hydrogens (tertiary/aromatic N) is 1. The summed E-state index contributed by atoms with van der Waals surface area (Å²) in [5.74, 6) is 0.863. The molecule has 6 heteroatoms. The van der Waals surface area contributed by atoms with Crippen LogP contribution in [0.3, 0.4) is 0 Å². The Bertz CT molecular complexity index is 440. The van der Waals surface area contributed by atoms with Gasteiger partial charge in [0.1, 0.15) is 11.0 Å². The van der Waals surface area contributed by atoms with Gasteiger partial charge in [0.05, 0.1) is 17.3 Å². The molecular weight excluding hydrogens is 238 g/mol. The fraction of sp³-hybridized carbons (Fsp3) is 0.667. The standard InChI is InChI=1S/C9H12ClNO3S/c10-5-7-9(14-6-11-7)8-3-1-2-4-15(8,12)13/h6,8H,1-5H2. The molecule has 0 aromatic carbocycles. The number of sulfone groups is 1. The van der Waals surface area contributed by atoms with Crippen LogP contribution < -0.4 is 0 Å². The van der Waals surface area contributed by atoms with Crippen molar-refractivity contribution in [3.8, 4) is 0 Å². The third-order valence-electron chi connectivity index (χ3n) is 2.67. The average Bonchev–Trinajstić information content (AvgIpc) is 2.64. The van der Waals surface area contributed by atoms with E-state index in [0.29, 0.717) is 17.9 Å². The summed E-state index contributed by atoms with van der Waals surface area (Å²) in [5.41, 5.74) is 0.548. The van der Waals surface area contributed by atoms with Crippen LogP contribution in [0, 0.1) is 0 Å². The normalized spacial score (nSPS) is 25.3. The SMILES string of the molecule is O=S1(=O)CCCCC1c1ocnc1CCl. The quantitative estimate of drug-likeness (QED) is 0.753. The highest BCUT2D eigenvalue weighted by Gasteiger charge is 2.34. The van der Waals surface area contributed by atoms with E-state index in [1.54, 1.807) is 0 Å². The molecule has 0 amide bonds. The number of rotatable bonds is 2. The fourth-order valence-corrected chi connectivity index (χ4v) is 4.02. The maximum atomic E-state index is 11.8. The van der Waals surface area contributed by atoms with Gasteiger partial charge in [-0.3, -0.25) is 0 Å². The van der Waals surface area contributed by atoms with Crippen LogP contribution in [0.5, 0.6) is 0 Å². The van der Waals surface area contributed by atoms with Crippen LogP contribution in [0.1, 0.15) is 36.0 Å². The van der Waals surface area contributed by atoms with E-state index in [1.165, 1.54) is 6.39 Å². The van der Waals surface area contributed by atoms with Crippen LogP contribution in [0.4, 0.5) is 0 Å². The van der Waals surface area contributed by atoms with E-state index in [9.17, 15) is 8.42 Å². The molecule has 0 bridgehead atoms. The van der Waals surface area contributed by atoms with Crippen molar-refractivity contribution in [3.05, 3.63) is 17.8 Å². The lowest BCUT2D eigenvalue weighted by molar-refractivity contribution is 0.460. The van der Waals surface area contributed by atoms with Gasteiger partial charge in [-0.25, -0.2) is 13.4 Å². The molecule has 1 atom stereocenters. The summed E-state index contributed by atoms with van der Waals surface area (Å²) in [6, 6.07) is 0. The van der Waals surface area contributed by atoms with E-state index >= 15 is 0 Å². The van der Waals surface area contributed by atoms with Crippen molar-refractivity contribution in [1.29, 1.82) is 0 Å². The lowest BCUT2D eigenvalue weighted by Crippen LogP contribution is -2.22. The Kier molecular flexibility index (Phi) is 3.02. The van der Waals surface area contributed by atoms with Crippen molar-refractivity contribution in [1.82, 2.24) is 4.98 Å². The smallest absolute Gasteiger partial charge is 0.181 e. The molecule has 15 heavy (non-hydrogen) atoms. The summed E-state index contributed by atoms with van der Waals surface area (Å²) >= 11 is 5.67. The van der Waals surface area contributed by atoms with Crippen molar-refractivity contribution in [2.45, 2.75) is 30.4 Å². The molecule has 1 fully saturated rings. The van der Waals surface area contributed by atoms with Crippen LogP contribution in [0.25, 0.3) is 0 Å². The molecule has 1 aliphatic heterocycles. The van der Waals surface area contributed by atoms with Gasteiger partial charge in [-0.15, -0.1) is 11.6 Å². The second-order valence-electron chi connectivity index (χ2n) is 3.65. The molecule has 0 radical (unpaired) electrons. The minimum atomic E-state index is -3.07. The van der Waals surface area contributed by atoms with Gasteiger partial charge in [0.2, 0.25) is 0 Å². The maximum Gasteiger partial charge on any atom is 0.181 e. The zero-order valence-corrected chi connectivity index (χ0v) is 9.72. The predicted molar refractivity (Wildman–Crippen MR) is 56.4 cm³/mol. The van der Waals surface area contributed by atoms with Crippen molar-refractivity contribution in [2.24, 2.45) is 0 Å². The summed E-state index contributed by atoms with van der Waals surface area (Å²) in [6.07, 6.45) is 3.52. The second-order valence-corrected chi connectivity index (χ2v) is 6.22. The maximum absolute atomic E-state index is 11.8.